The van der Waals surface area contributed by atoms with E-state index in [1.807, 2.05) is 12.1 Å². The number of nitrogens with zero attached hydrogens (tertiary/aromatic N) is 1. The average Bonchev–Trinajstić information content (AvgIpc) is 2.93. The van der Waals surface area contributed by atoms with Crippen molar-refractivity contribution in [1.82, 2.24) is 10.2 Å². The number of hydrogen-bond acceptors (Lipinski definition) is 5. The number of nitrogens with one attached hydrogen (secondary N) is 2. The van der Waals surface area contributed by atoms with E-state index in [2.05, 4.69) is 40.9 Å². The Hall–Kier alpha value is -2.58. The van der Waals surface area contributed by atoms with Crippen molar-refractivity contribution in [3.05, 3.63) is 54.1 Å². The highest BCUT2D eigenvalue weighted by Crippen LogP contribution is 2.33. The van der Waals surface area contributed by atoms with Crippen LogP contribution in [0.1, 0.15) is 77.2 Å². The topological polar surface area (TPSA) is 87.7 Å². The molecule has 4 rings (SSSR count). The van der Waals surface area contributed by atoms with E-state index in [4.69, 9.17) is 4.74 Å². The Labute approximate surface area is 234 Å². The molecule has 1 heterocycles. The van der Waals surface area contributed by atoms with Crippen molar-refractivity contribution in [3.8, 4) is 11.5 Å². The largest absolute Gasteiger partial charge is 0.457 e. The molecule has 3 atom stereocenters. The second-order valence-electron chi connectivity index (χ2n) is 11.4. The van der Waals surface area contributed by atoms with Crippen LogP contribution in [0.3, 0.4) is 0 Å². The molecule has 2 aromatic rings. The van der Waals surface area contributed by atoms with Gasteiger partial charge in [0.25, 0.3) is 0 Å². The van der Waals surface area contributed by atoms with Crippen molar-refractivity contribution in [2.45, 2.75) is 90.3 Å². The van der Waals surface area contributed by atoms with Gasteiger partial charge < -0.3 is 10.1 Å². The summed E-state index contributed by atoms with van der Waals surface area (Å²) in [6, 6.07) is 15.8. The Balaban J connectivity index is 1.32. The number of sulfonamides is 1. The van der Waals surface area contributed by atoms with Crippen LogP contribution in [0.15, 0.2) is 48.5 Å². The van der Waals surface area contributed by atoms with Gasteiger partial charge in [-0.15, -0.1) is 0 Å². The fraction of sp³-hybridized carbons (Fsp3) is 0.581. The molecule has 1 aliphatic carbocycles. The SMILES string of the molecule is CC[C@@H]1CC(C(=O)NCC2CCCCC2)C[C@H](CC)N1Cc1ccc(Oc2ccc(NS(C)(=O)=O)cc2)cc1. The predicted molar refractivity (Wildman–Crippen MR) is 157 cm³/mol. The number of anilines is 1. The minimum atomic E-state index is -3.31. The van der Waals surface area contributed by atoms with Crippen LogP contribution in [0.4, 0.5) is 5.69 Å². The highest BCUT2D eigenvalue weighted by Gasteiger charge is 2.37. The van der Waals surface area contributed by atoms with Crippen LogP contribution in [-0.4, -0.2) is 44.1 Å². The lowest BCUT2D eigenvalue weighted by atomic mass is 9.82. The fourth-order valence-electron chi connectivity index (χ4n) is 6.19. The van der Waals surface area contributed by atoms with E-state index in [1.165, 1.54) is 37.7 Å². The molecule has 0 radical (unpaired) electrons. The molecule has 0 spiro atoms. The van der Waals surface area contributed by atoms with Crippen LogP contribution >= 0.6 is 0 Å². The summed E-state index contributed by atoms with van der Waals surface area (Å²) in [6.07, 6.45) is 11.5. The molecule has 39 heavy (non-hydrogen) atoms. The molecule has 214 valence electrons. The van der Waals surface area contributed by atoms with Crippen LogP contribution < -0.4 is 14.8 Å². The molecule has 8 heteroatoms. The molecule has 1 saturated heterocycles. The van der Waals surface area contributed by atoms with Gasteiger partial charge in [-0.3, -0.25) is 14.4 Å². The summed E-state index contributed by atoms with van der Waals surface area (Å²) < 4.78 is 31.2. The summed E-state index contributed by atoms with van der Waals surface area (Å²) in [7, 11) is -3.31. The third-order valence-electron chi connectivity index (χ3n) is 8.34. The van der Waals surface area contributed by atoms with Crippen molar-refractivity contribution >= 4 is 21.6 Å². The van der Waals surface area contributed by atoms with E-state index >= 15 is 0 Å². The smallest absolute Gasteiger partial charge is 0.229 e. The standard InChI is InChI=1S/C31H45N3O4S/c1-4-27-19-25(31(35)32-21-23-9-7-6-8-10-23)20-28(5-2)34(27)22-24-11-15-29(16-12-24)38-30-17-13-26(14-18-30)33-39(3,36)37/h11-18,23,25,27-28,33H,4-10,19-22H2,1-3H3,(H,32,35)/t25?,27-,28+. The van der Waals surface area contributed by atoms with Crippen molar-refractivity contribution in [2.24, 2.45) is 11.8 Å². The molecule has 7 nitrogen and oxygen atoms in total. The number of hydrogen-bond donors (Lipinski definition) is 2. The van der Waals surface area contributed by atoms with Gasteiger partial charge in [-0.25, -0.2) is 8.42 Å². The van der Waals surface area contributed by atoms with Crippen LogP contribution in [0.2, 0.25) is 0 Å². The van der Waals surface area contributed by atoms with Gasteiger partial charge in [0.1, 0.15) is 11.5 Å². The first-order valence-electron chi connectivity index (χ1n) is 14.6. The molecular weight excluding hydrogens is 510 g/mol. The summed E-state index contributed by atoms with van der Waals surface area (Å²) in [4.78, 5) is 15.7. The maximum absolute atomic E-state index is 13.1. The lowest BCUT2D eigenvalue weighted by Crippen LogP contribution is -2.51. The molecule has 1 saturated carbocycles. The zero-order valence-electron chi connectivity index (χ0n) is 23.7. The minimum absolute atomic E-state index is 0.106. The normalized spacial score (nSPS) is 22.8. The first-order chi connectivity index (χ1) is 18.7. The van der Waals surface area contributed by atoms with Gasteiger partial charge in [-0.1, -0.05) is 45.2 Å². The van der Waals surface area contributed by atoms with Gasteiger partial charge in [0, 0.05) is 36.8 Å². The molecular formula is C31H45N3O4S. The number of carbonyl (C=O) groups is 1. The first kappa shape index (κ1) is 29.4. The number of amides is 1. The van der Waals surface area contributed by atoms with E-state index in [-0.39, 0.29) is 11.8 Å². The van der Waals surface area contributed by atoms with E-state index in [1.54, 1.807) is 24.3 Å². The van der Waals surface area contributed by atoms with Crippen molar-refractivity contribution in [2.75, 3.05) is 17.5 Å². The molecule has 0 aromatic heterocycles. The third kappa shape index (κ3) is 8.70. The highest BCUT2D eigenvalue weighted by atomic mass is 32.2. The molecule has 1 unspecified atom stereocenters. The molecule has 2 N–H and O–H groups in total. The Morgan fingerprint density at radius 3 is 2.00 bits per heavy atom. The molecule has 1 aliphatic heterocycles. The minimum Gasteiger partial charge on any atom is -0.457 e. The van der Waals surface area contributed by atoms with E-state index in [9.17, 15) is 13.2 Å². The van der Waals surface area contributed by atoms with Gasteiger partial charge in [-0.2, -0.15) is 0 Å². The molecule has 2 aromatic carbocycles. The molecule has 2 aliphatic rings. The summed E-state index contributed by atoms with van der Waals surface area (Å²) in [5, 5.41) is 3.31. The number of carbonyl (C=O) groups excluding carboxylic acids is 1. The number of likely N-dealkylation sites (tertiary alicyclic amines) is 1. The summed E-state index contributed by atoms with van der Waals surface area (Å²) >= 11 is 0. The van der Waals surface area contributed by atoms with Crippen LogP contribution in [0, 0.1) is 11.8 Å². The van der Waals surface area contributed by atoms with Crippen molar-refractivity contribution < 1.29 is 17.9 Å². The number of benzene rings is 2. The second-order valence-corrected chi connectivity index (χ2v) is 13.1. The monoisotopic (exact) mass is 555 g/mol. The van der Waals surface area contributed by atoms with Crippen molar-refractivity contribution in [1.29, 1.82) is 0 Å². The Morgan fingerprint density at radius 2 is 1.46 bits per heavy atom. The van der Waals surface area contributed by atoms with E-state index in [0.717, 1.165) is 50.8 Å². The molecule has 0 bridgehead atoms. The Morgan fingerprint density at radius 1 is 0.897 bits per heavy atom. The van der Waals surface area contributed by atoms with Crippen molar-refractivity contribution in [3.63, 3.8) is 0 Å². The predicted octanol–water partition coefficient (Wildman–Crippen LogP) is 6.32. The average molecular weight is 556 g/mol. The summed E-state index contributed by atoms with van der Waals surface area (Å²) in [5.41, 5.74) is 1.73. The Kier molecular flexibility index (Phi) is 10.3. The summed E-state index contributed by atoms with van der Waals surface area (Å²) in [5.74, 6) is 2.40. The van der Waals surface area contributed by atoms with E-state index < -0.39 is 10.0 Å². The molecule has 1 amide bonds. The first-order valence-corrected chi connectivity index (χ1v) is 16.5. The van der Waals surface area contributed by atoms with Gasteiger partial charge in [0.05, 0.1) is 6.26 Å². The fourth-order valence-corrected chi connectivity index (χ4v) is 6.76. The lowest BCUT2D eigenvalue weighted by Gasteiger charge is -2.45. The second kappa shape index (κ2) is 13.7. The maximum Gasteiger partial charge on any atom is 0.229 e. The quantitative estimate of drug-likeness (QED) is 0.339. The summed E-state index contributed by atoms with van der Waals surface area (Å²) in [6.45, 7) is 6.18. The molecule has 2 fully saturated rings. The Bertz CT molecular complexity index is 1150. The van der Waals surface area contributed by atoms with Crippen LogP contribution in [0.5, 0.6) is 11.5 Å². The zero-order valence-corrected chi connectivity index (χ0v) is 24.5. The maximum atomic E-state index is 13.1. The van der Waals surface area contributed by atoms with Gasteiger partial charge in [0.2, 0.25) is 15.9 Å². The third-order valence-corrected chi connectivity index (χ3v) is 8.94. The number of rotatable bonds is 11. The van der Waals surface area contributed by atoms with Crippen LogP contribution in [-0.2, 0) is 21.4 Å². The lowest BCUT2D eigenvalue weighted by molar-refractivity contribution is -0.128. The van der Waals surface area contributed by atoms with Gasteiger partial charge >= 0.3 is 0 Å². The highest BCUT2D eigenvalue weighted by molar-refractivity contribution is 7.92. The number of piperidine rings is 1. The number of ether oxygens (including phenoxy) is 1. The zero-order chi connectivity index (χ0) is 27.8. The van der Waals surface area contributed by atoms with Gasteiger partial charge in [0.15, 0.2) is 0 Å². The van der Waals surface area contributed by atoms with Gasteiger partial charge in [-0.05, 0) is 86.4 Å². The van der Waals surface area contributed by atoms with Crippen LogP contribution in [0.25, 0.3) is 0 Å². The van der Waals surface area contributed by atoms with E-state index in [0.29, 0.717) is 29.4 Å².